The number of likely N-dealkylation sites (tertiary alicyclic amines) is 1. The minimum absolute atomic E-state index is 0.262. The van der Waals surface area contributed by atoms with Crippen molar-refractivity contribution >= 4 is 12.0 Å². The van der Waals surface area contributed by atoms with Crippen LogP contribution in [0.4, 0.5) is 10.7 Å². The van der Waals surface area contributed by atoms with Gasteiger partial charge in [-0.15, -0.1) is 5.10 Å². The average molecular weight is 368 g/mol. The van der Waals surface area contributed by atoms with Crippen LogP contribution < -0.4 is 5.32 Å². The molecule has 0 unspecified atom stereocenters. The Balaban J connectivity index is 1.47. The zero-order chi connectivity index (χ0) is 18.6. The molecule has 0 radical (unpaired) electrons. The van der Waals surface area contributed by atoms with Crippen molar-refractivity contribution in [1.29, 1.82) is 0 Å². The molecule has 1 saturated heterocycles. The van der Waals surface area contributed by atoms with E-state index in [1.54, 1.807) is 17.3 Å². The first-order chi connectivity index (χ1) is 13.2. The molecule has 27 heavy (non-hydrogen) atoms. The van der Waals surface area contributed by atoms with Crippen molar-refractivity contribution in [3.63, 3.8) is 0 Å². The van der Waals surface area contributed by atoms with Crippen molar-refractivity contribution in [3.05, 3.63) is 36.2 Å². The highest BCUT2D eigenvalue weighted by molar-refractivity contribution is 5.87. The van der Waals surface area contributed by atoms with Gasteiger partial charge < -0.3 is 9.42 Å². The third kappa shape index (κ3) is 3.64. The first kappa shape index (κ1) is 17.1. The van der Waals surface area contributed by atoms with Crippen molar-refractivity contribution in [3.8, 4) is 11.4 Å². The largest absolute Gasteiger partial charge is 0.337 e. The van der Waals surface area contributed by atoms with Gasteiger partial charge in [0.05, 0.1) is 0 Å². The summed E-state index contributed by atoms with van der Waals surface area (Å²) in [5.74, 6) is 1.94. The third-order valence-electron chi connectivity index (χ3n) is 4.42. The summed E-state index contributed by atoms with van der Waals surface area (Å²) in [5.41, 5.74) is 0.818. The molecule has 3 aromatic rings. The molecular weight excluding hydrogens is 348 g/mol. The number of amides is 2. The standard InChI is InChI=1S/C17H20N8O2/c1-2-4-13-19-16(23-22-13)21-17(26)25-10-3-5-12(25)15-20-14(24-27-15)11-6-8-18-9-7-11/h6-9,12H,2-5,10H2,1H3,(H2,19,21,22,23,26)/t12-/m1/s1. The molecule has 4 rings (SSSR count). The molecule has 0 aromatic carbocycles. The molecule has 0 spiro atoms. The minimum atomic E-state index is -0.275. The third-order valence-corrected chi connectivity index (χ3v) is 4.42. The molecule has 0 bridgehead atoms. The molecule has 10 nitrogen and oxygen atoms in total. The number of H-pyrrole nitrogens is 1. The SMILES string of the molecule is CCCc1nc(NC(=O)N2CCC[C@@H]2c2nc(-c3ccncc3)no2)n[nH]1. The molecule has 3 aromatic heterocycles. The van der Waals surface area contributed by atoms with E-state index in [0.29, 0.717) is 18.3 Å². The van der Waals surface area contributed by atoms with Gasteiger partial charge in [-0.25, -0.2) is 4.79 Å². The Morgan fingerprint density at radius 1 is 1.37 bits per heavy atom. The van der Waals surface area contributed by atoms with Crippen molar-refractivity contribution in [2.24, 2.45) is 0 Å². The smallest absolute Gasteiger partial charge is 0.324 e. The molecule has 1 aliphatic rings. The fourth-order valence-corrected chi connectivity index (χ4v) is 3.12. The average Bonchev–Trinajstić information content (AvgIpc) is 3.43. The predicted octanol–water partition coefficient (Wildman–Crippen LogP) is 2.57. The lowest BCUT2D eigenvalue weighted by atomic mass is 10.2. The van der Waals surface area contributed by atoms with Gasteiger partial charge in [-0.1, -0.05) is 12.1 Å². The Bertz CT molecular complexity index is 907. The maximum atomic E-state index is 12.7. The van der Waals surface area contributed by atoms with E-state index in [-0.39, 0.29) is 18.0 Å². The zero-order valence-electron chi connectivity index (χ0n) is 14.9. The van der Waals surface area contributed by atoms with E-state index in [4.69, 9.17) is 4.52 Å². The maximum absolute atomic E-state index is 12.7. The monoisotopic (exact) mass is 368 g/mol. The van der Waals surface area contributed by atoms with E-state index in [1.165, 1.54) is 0 Å². The van der Waals surface area contributed by atoms with E-state index < -0.39 is 0 Å². The molecule has 0 saturated carbocycles. The number of urea groups is 1. The lowest BCUT2D eigenvalue weighted by Crippen LogP contribution is -2.34. The van der Waals surface area contributed by atoms with Crippen LogP contribution in [0.2, 0.25) is 0 Å². The molecule has 140 valence electrons. The van der Waals surface area contributed by atoms with Crippen LogP contribution in [0.3, 0.4) is 0 Å². The van der Waals surface area contributed by atoms with Crippen LogP contribution in [0.5, 0.6) is 0 Å². The van der Waals surface area contributed by atoms with Gasteiger partial charge >= 0.3 is 6.03 Å². The van der Waals surface area contributed by atoms with Gasteiger partial charge in [0.2, 0.25) is 17.7 Å². The van der Waals surface area contributed by atoms with E-state index in [2.05, 4.69) is 42.5 Å². The Labute approximate surface area is 155 Å². The molecule has 0 aliphatic carbocycles. The van der Waals surface area contributed by atoms with Gasteiger partial charge in [0.25, 0.3) is 0 Å². The Morgan fingerprint density at radius 2 is 2.22 bits per heavy atom. The van der Waals surface area contributed by atoms with Crippen molar-refractivity contribution in [2.75, 3.05) is 11.9 Å². The summed E-state index contributed by atoms with van der Waals surface area (Å²) in [6.45, 7) is 2.66. The van der Waals surface area contributed by atoms with Crippen LogP contribution in [-0.2, 0) is 6.42 Å². The zero-order valence-corrected chi connectivity index (χ0v) is 14.9. The molecule has 4 heterocycles. The Hall–Kier alpha value is -3.30. The van der Waals surface area contributed by atoms with E-state index in [9.17, 15) is 4.79 Å². The fourth-order valence-electron chi connectivity index (χ4n) is 3.12. The summed E-state index contributed by atoms with van der Waals surface area (Å²) in [5, 5.41) is 13.6. The lowest BCUT2D eigenvalue weighted by Gasteiger charge is -2.21. The molecular formula is C17H20N8O2. The molecule has 1 aliphatic heterocycles. The van der Waals surface area contributed by atoms with Crippen LogP contribution >= 0.6 is 0 Å². The highest BCUT2D eigenvalue weighted by Crippen LogP contribution is 2.32. The minimum Gasteiger partial charge on any atom is -0.337 e. The Morgan fingerprint density at radius 3 is 3.04 bits per heavy atom. The normalized spacial score (nSPS) is 16.6. The highest BCUT2D eigenvalue weighted by Gasteiger charge is 2.34. The lowest BCUT2D eigenvalue weighted by molar-refractivity contribution is 0.193. The van der Waals surface area contributed by atoms with Crippen LogP contribution in [0.15, 0.2) is 29.0 Å². The quantitative estimate of drug-likeness (QED) is 0.709. The summed E-state index contributed by atoms with van der Waals surface area (Å²) in [4.78, 5) is 27.1. The Kier molecular flexibility index (Phi) is 4.77. The molecule has 1 atom stereocenters. The van der Waals surface area contributed by atoms with Crippen molar-refractivity contribution in [2.45, 2.75) is 38.6 Å². The van der Waals surface area contributed by atoms with Gasteiger partial charge in [0.1, 0.15) is 11.9 Å². The van der Waals surface area contributed by atoms with E-state index in [1.807, 2.05) is 12.1 Å². The van der Waals surface area contributed by atoms with Gasteiger partial charge in [0, 0.05) is 30.9 Å². The summed E-state index contributed by atoms with van der Waals surface area (Å²) in [6, 6.07) is 3.08. The van der Waals surface area contributed by atoms with Gasteiger partial charge in [-0.2, -0.15) is 9.97 Å². The molecule has 2 N–H and O–H groups in total. The number of nitrogens with one attached hydrogen (secondary N) is 2. The number of hydrogen-bond acceptors (Lipinski definition) is 7. The van der Waals surface area contributed by atoms with Crippen LogP contribution in [0.25, 0.3) is 11.4 Å². The number of aromatic amines is 1. The van der Waals surface area contributed by atoms with E-state index >= 15 is 0 Å². The second-order valence-electron chi connectivity index (χ2n) is 6.33. The first-order valence-electron chi connectivity index (χ1n) is 8.97. The van der Waals surface area contributed by atoms with Gasteiger partial charge in [-0.3, -0.25) is 15.4 Å². The van der Waals surface area contributed by atoms with Crippen LogP contribution in [-0.4, -0.2) is 47.8 Å². The van der Waals surface area contributed by atoms with Gasteiger partial charge in [0.15, 0.2) is 0 Å². The predicted molar refractivity (Wildman–Crippen MR) is 95.6 cm³/mol. The van der Waals surface area contributed by atoms with E-state index in [0.717, 1.165) is 37.1 Å². The number of pyridine rings is 1. The summed E-state index contributed by atoms with van der Waals surface area (Å²) in [6.07, 6.45) is 6.71. The first-order valence-corrected chi connectivity index (χ1v) is 8.97. The molecule has 1 fully saturated rings. The highest BCUT2D eigenvalue weighted by atomic mass is 16.5. The van der Waals surface area contributed by atoms with Crippen LogP contribution in [0.1, 0.15) is 43.9 Å². The number of nitrogens with zero attached hydrogens (tertiary/aromatic N) is 6. The second-order valence-corrected chi connectivity index (χ2v) is 6.33. The van der Waals surface area contributed by atoms with Crippen molar-refractivity contribution in [1.82, 2.24) is 35.2 Å². The number of carbonyl (C=O) groups is 1. The number of aryl methyl sites for hydroxylation is 1. The van der Waals surface area contributed by atoms with Gasteiger partial charge in [-0.05, 0) is 31.4 Å². The van der Waals surface area contributed by atoms with Crippen LogP contribution in [0, 0.1) is 0 Å². The topological polar surface area (TPSA) is 126 Å². The number of anilines is 1. The molecule has 10 heteroatoms. The summed E-state index contributed by atoms with van der Waals surface area (Å²) in [7, 11) is 0. The number of hydrogen-bond donors (Lipinski definition) is 2. The number of aromatic nitrogens is 6. The second kappa shape index (κ2) is 7.52. The molecule has 2 amide bonds. The maximum Gasteiger partial charge on any atom is 0.324 e. The summed E-state index contributed by atoms with van der Waals surface area (Å²) < 4.78 is 5.43. The summed E-state index contributed by atoms with van der Waals surface area (Å²) >= 11 is 0. The number of carbonyl (C=O) groups excluding carboxylic acids is 1. The fraction of sp³-hybridized carbons (Fsp3) is 0.412. The van der Waals surface area contributed by atoms with Crippen molar-refractivity contribution < 1.29 is 9.32 Å². The number of rotatable bonds is 5.